The van der Waals surface area contributed by atoms with Crippen LogP contribution in [-0.4, -0.2) is 65.2 Å². The Morgan fingerprint density at radius 3 is 2.42 bits per heavy atom. The summed E-state index contributed by atoms with van der Waals surface area (Å²) in [6.07, 6.45) is 4.98. The molecule has 2 aliphatic rings. The third-order valence-electron chi connectivity index (χ3n) is 5.11. The number of benzene rings is 1. The summed E-state index contributed by atoms with van der Waals surface area (Å²) in [4.78, 5) is 2.36. The number of rotatable bonds is 7. The highest BCUT2D eigenvalue weighted by molar-refractivity contribution is 7.90. The zero-order valence-corrected chi connectivity index (χ0v) is 16.5. The van der Waals surface area contributed by atoms with Gasteiger partial charge in [0.2, 0.25) is 0 Å². The molecule has 26 heavy (non-hydrogen) atoms. The molecule has 2 N–H and O–H groups in total. The van der Waals surface area contributed by atoms with Crippen LogP contribution in [0.4, 0.5) is 11.4 Å². The molecule has 0 bridgehead atoms. The van der Waals surface area contributed by atoms with E-state index in [-0.39, 0.29) is 0 Å². The molecule has 2 saturated heterocycles. The third kappa shape index (κ3) is 5.09. The Morgan fingerprint density at radius 2 is 1.85 bits per heavy atom. The average Bonchev–Trinajstić information content (AvgIpc) is 3.14. The van der Waals surface area contributed by atoms with Gasteiger partial charge >= 0.3 is 10.2 Å². The Bertz CT molecular complexity index is 664. The Hall–Kier alpha value is -1.35. The van der Waals surface area contributed by atoms with Crippen LogP contribution in [0.15, 0.2) is 24.3 Å². The number of nitrogens with zero attached hydrogens (tertiary/aromatic N) is 2. The number of nitrogens with one attached hydrogen (secondary N) is 2. The number of ether oxygens (including phenoxy) is 1. The van der Waals surface area contributed by atoms with Crippen LogP contribution in [0.1, 0.15) is 25.7 Å². The van der Waals surface area contributed by atoms with Crippen LogP contribution in [0.2, 0.25) is 0 Å². The maximum absolute atomic E-state index is 11.9. The van der Waals surface area contributed by atoms with Crippen LogP contribution >= 0.6 is 0 Å². The van der Waals surface area contributed by atoms with Gasteiger partial charge in [0.15, 0.2) is 0 Å². The van der Waals surface area contributed by atoms with Gasteiger partial charge < -0.3 is 15.0 Å². The van der Waals surface area contributed by atoms with Gasteiger partial charge in [0.25, 0.3) is 0 Å². The van der Waals surface area contributed by atoms with Crippen molar-refractivity contribution in [1.82, 2.24) is 9.62 Å². The van der Waals surface area contributed by atoms with E-state index in [9.17, 15) is 8.42 Å². The van der Waals surface area contributed by atoms with Crippen LogP contribution in [0.3, 0.4) is 0 Å². The lowest BCUT2D eigenvalue weighted by atomic mass is 10.0. The maximum atomic E-state index is 11.9. The van der Waals surface area contributed by atoms with E-state index in [1.165, 1.54) is 26.9 Å². The highest BCUT2D eigenvalue weighted by atomic mass is 32.2. The molecule has 0 saturated carbocycles. The molecule has 1 aromatic rings. The fourth-order valence-electron chi connectivity index (χ4n) is 3.43. The quantitative estimate of drug-likeness (QED) is 0.750. The van der Waals surface area contributed by atoms with Crippen molar-refractivity contribution in [2.45, 2.75) is 37.8 Å². The first kappa shape index (κ1) is 19.4. The molecule has 0 amide bonds. The lowest BCUT2D eigenvalue weighted by Gasteiger charge is -2.34. The van der Waals surface area contributed by atoms with Gasteiger partial charge in [-0.25, -0.2) is 0 Å². The van der Waals surface area contributed by atoms with Gasteiger partial charge in [0.05, 0.1) is 6.10 Å². The normalized spacial score (nSPS) is 22.1. The summed E-state index contributed by atoms with van der Waals surface area (Å²) in [6.45, 7) is 3.88. The molecule has 0 radical (unpaired) electrons. The van der Waals surface area contributed by atoms with Crippen molar-refractivity contribution in [3.8, 4) is 0 Å². The van der Waals surface area contributed by atoms with E-state index >= 15 is 0 Å². The molecular weight excluding hydrogens is 352 g/mol. The van der Waals surface area contributed by atoms with E-state index in [0.717, 1.165) is 49.1 Å². The summed E-state index contributed by atoms with van der Waals surface area (Å²) in [6, 6.07) is 8.15. The molecule has 0 aliphatic carbocycles. The van der Waals surface area contributed by atoms with E-state index in [1.54, 1.807) is 0 Å². The topological polar surface area (TPSA) is 73.9 Å². The number of hydrogen-bond acceptors (Lipinski definition) is 5. The van der Waals surface area contributed by atoms with E-state index in [4.69, 9.17) is 4.74 Å². The van der Waals surface area contributed by atoms with E-state index in [1.807, 2.05) is 24.3 Å². The molecule has 1 unspecified atom stereocenters. The van der Waals surface area contributed by atoms with Crippen molar-refractivity contribution in [3.63, 3.8) is 0 Å². The van der Waals surface area contributed by atoms with Crippen molar-refractivity contribution in [1.29, 1.82) is 0 Å². The summed E-state index contributed by atoms with van der Waals surface area (Å²) >= 11 is 0. The molecule has 146 valence electrons. The van der Waals surface area contributed by atoms with E-state index < -0.39 is 10.2 Å². The average molecular weight is 383 g/mol. The summed E-state index contributed by atoms with van der Waals surface area (Å²) in [5.74, 6) is 0. The minimum atomic E-state index is -3.46. The summed E-state index contributed by atoms with van der Waals surface area (Å²) in [7, 11) is -0.443. The Labute approximate surface area is 156 Å². The van der Waals surface area contributed by atoms with E-state index in [2.05, 4.69) is 14.9 Å². The van der Waals surface area contributed by atoms with Gasteiger partial charge in [0, 0.05) is 57.8 Å². The highest BCUT2D eigenvalue weighted by Crippen LogP contribution is 2.23. The molecule has 2 fully saturated rings. The van der Waals surface area contributed by atoms with Crippen LogP contribution < -0.4 is 14.9 Å². The van der Waals surface area contributed by atoms with E-state index in [0.29, 0.717) is 17.8 Å². The molecule has 3 rings (SSSR count). The van der Waals surface area contributed by atoms with Crippen molar-refractivity contribution in [2.24, 2.45) is 0 Å². The first-order valence-corrected chi connectivity index (χ1v) is 10.8. The molecule has 2 aliphatic heterocycles. The molecule has 8 heteroatoms. The van der Waals surface area contributed by atoms with Crippen molar-refractivity contribution in [3.05, 3.63) is 24.3 Å². The summed E-state index contributed by atoms with van der Waals surface area (Å²) < 4.78 is 33.1. The van der Waals surface area contributed by atoms with Crippen LogP contribution in [0, 0.1) is 0 Å². The standard InChI is InChI=1S/C18H30N4O3S/c1-21(2)26(23,24)20-16-5-7-17(8-6-16)22-11-9-15(10-12-22)19-14-18-4-3-13-25-18/h5-8,15,18-20H,3-4,9-14H2,1-2H3. The molecule has 0 spiro atoms. The monoisotopic (exact) mass is 382 g/mol. The Morgan fingerprint density at radius 1 is 1.15 bits per heavy atom. The maximum Gasteiger partial charge on any atom is 0.301 e. The highest BCUT2D eigenvalue weighted by Gasteiger charge is 2.22. The second kappa shape index (κ2) is 8.56. The van der Waals surface area contributed by atoms with Gasteiger partial charge in [0.1, 0.15) is 0 Å². The molecule has 1 atom stereocenters. The fourth-order valence-corrected chi connectivity index (χ4v) is 4.04. The van der Waals surface area contributed by atoms with Gasteiger partial charge in [-0.1, -0.05) is 0 Å². The minimum Gasteiger partial charge on any atom is -0.377 e. The SMILES string of the molecule is CN(C)S(=O)(=O)Nc1ccc(N2CCC(NCC3CCCO3)CC2)cc1. The number of piperidine rings is 1. The fraction of sp³-hybridized carbons (Fsp3) is 0.667. The van der Waals surface area contributed by atoms with Crippen LogP contribution in [-0.2, 0) is 14.9 Å². The molecular formula is C18H30N4O3S. The predicted molar refractivity (Wildman–Crippen MR) is 105 cm³/mol. The molecule has 7 nitrogen and oxygen atoms in total. The van der Waals surface area contributed by atoms with Crippen LogP contribution in [0.25, 0.3) is 0 Å². The first-order chi connectivity index (χ1) is 12.4. The zero-order valence-electron chi connectivity index (χ0n) is 15.6. The minimum absolute atomic E-state index is 0.395. The Balaban J connectivity index is 1.47. The molecule has 1 aromatic carbocycles. The first-order valence-electron chi connectivity index (χ1n) is 9.34. The number of hydrogen-bond donors (Lipinski definition) is 2. The summed E-state index contributed by atoms with van der Waals surface area (Å²) in [5, 5.41) is 3.65. The Kier molecular flexibility index (Phi) is 6.39. The third-order valence-corrected chi connectivity index (χ3v) is 6.57. The smallest absolute Gasteiger partial charge is 0.301 e. The zero-order chi connectivity index (χ0) is 18.6. The van der Waals surface area contributed by atoms with Gasteiger partial charge in [-0.2, -0.15) is 12.7 Å². The molecule has 2 heterocycles. The molecule has 0 aromatic heterocycles. The largest absolute Gasteiger partial charge is 0.377 e. The lowest BCUT2D eigenvalue weighted by molar-refractivity contribution is 0.106. The second-order valence-corrected chi connectivity index (χ2v) is 9.13. The summed E-state index contributed by atoms with van der Waals surface area (Å²) in [5.41, 5.74) is 1.71. The van der Waals surface area contributed by atoms with Gasteiger partial charge in [-0.3, -0.25) is 4.72 Å². The lowest BCUT2D eigenvalue weighted by Crippen LogP contribution is -2.44. The van der Waals surface area contributed by atoms with Crippen LogP contribution in [0.5, 0.6) is 0 Å². The van der Waals surface area contributed by atoms with Gasteiger partial charge in [-0.15, -0.1) is 0 Å². The predicted octanol–water partition coefficient (Wildman–Crippen LogP) is 1.64. The second-order valence-electron chi connectivity index (χ2n) is 7.24. The number of anilines is 2. The van der Waals surface area contributed by atoms with Gasteiger partial charge in [-0.05, 0) is 49.9 Å². The van der Waals surface area contributed by atoms with Crippen molar-refractivity contribution >= 4 is 21.6 Å². The van der Waals surface area contributed by atoms with Crippen molar-refractivity contribution in [2.75, 3.05) is 50.0 Å². The van der Waals surface area contributed by atoms with Crippen molar-refractivity contribution < 1.29 is 13.2 Å².